The van der Waals surface area contributed by atoms with E-state index in [0.29, 0.717) is 26.2 Å². The molecule has 2 N–H and O–H groups in total. The molecule has 2 saturated heterocycles. The van der Waals surface area contributed by atoms with E-state index in [0.717, 1.165) is 48.3 Å². The SMILES string of the molecule is O=C(NNC(=O)c1csc(C2CCN(C(=O)N3CCN(c4ccccn4)CC3)CC2)n1)c1csnn1. The molecule has 0 atom stereocenters. The number of rotatable bonds is 4. The van der Waals surface area contributed by atoms with Gasteiger partial charge in [-0.1, -0.05) is 10.6 Å². The summed E-state index contributed by atoms with van der Waals surface area (Å²) in [6.07, 6.45) is 3.37. The molecule has 5 heterocycles. The number of anilines is 1. The molecule has 0 unspecified atom stereocenters. The number of carbonyl (C=O) groups excluding carboxylic acids is 3. The molecular weight excluding hydrogens is 502 g/mol. The highest BCUT2D eigenvalue weighted by atomic mass is 32.1. The number of thiazole rings is 1. The third-order valence-electron chi connectivity index (χ3n) is 6.28. The van der Waals surface area contributed by atoms with Gasteiger partial charge in [-0.05, 0) is 36.5 Å². The maximum absolute atomic E-state index is 13.1. The quantitative estimate of drug-likeness (QED) is 0.488. The summed E-state index contributed by atoms with van der Waals surface area (Å²) in [5, 5.41) is 7.69. The molecule has 3 aromatic rings. The lowest BCUT2D eigenvalue weighted by molar-refractivity contribution is 0.0841. The Kier molecular flexibility index (Phi) is 7.32. The van der Waals surface area contributed by atoms with Gasteiger partial charge in [0.05, 0.1) is 5.01 Å². The first kappa shape index (κ1) is 24.1. The smallest absolute Gasteiger partial charge is 0.320 e. The number of nitrogens with zero attached hydrogens (tertiary/aromatic N) is 7. The fourth-order valence-electron chi connectivity index (χ4n) is 4.27. The van der Waals surface area contributed by atoms with Crippen molar-refractivity contribution in [1.82, 2.24) is 40.2 Å². The second-order valence-electron chi connectivity index (χ2n) is 8.48. The number of pyridine rings is 1. The van der Waals surface area contributed by atoms with Crippen molar-refractivity contribution in [3.63, 3.8) is 0 Å². The van der Waals surface area contributed by atoms with Crippen molar-refractivity contribution >= 4 is 46.5 Å². The summed E-state index contributed by atoms with van der Waals surface area (Å²) < 4.78 is 3.62. The van der Waals surface area contributed by atoms with Gasteiger partial charge in [0.1, 0.15) is 11.5 Å². The fraction of sp³-hybridized carbons (Fsp3) is 0.409. The van der Waals surface area contributed by atoms with E-state index >= 15 is 0 Å². The van der Waals surface area contributed by atoms with Crippen molar-refractivity contribution < 1.29 is 14.4 Å². The number of hydrazine groups is 1. The lowest BCUT2D eigenvalue weighted by Gasteiger charge is -2.39. The number of likely N-dealkylation sites (tertiary alicyclic amines) is 1. The van der Waals surface area contributed by atoms with Gasteiger partial charge in [0.15, 0.2) is 5.69 Å². The maximum Gasteiger partial charge on any atom is 0.320 e. The van der Waals surface area contributed by atoms with Crippen LogP contribution in [0.1, 0.15) is 44.7 Å². The maximum atomic E-state index is 13.1. The Morgan fingerprint density at radius 2 is 1.61 bits per heavy atom. The van der Waals surface area contributed by atoms with Gasteiger partial charge in [-0.25, -0.2) is 14.8 Å². The van der Waals surface area contributed by atoms with Crippen molar-refractivity contribution in [2.45, 2.75) is 18.8 Å². The molecule has 2 fully saturated rings. The normalized spacial score (nSPS) is 16.6. The number of amides is 4. The van der Waals surface area contributed by atoms with Crippen LogP contribution in [0, 0.1) is 0 Å². The summed E-state index contributed by atoms with van der Waals surface area (Å²) in [4.78, 5) is 52.2. The van der Waals surface area contributed by atoms with Crippen LogP contribution in [0.25, 0.3) is 0 Å². The molecule has 188 valence electrons. The number of nitrogens with one attached hydrogen (secondary N) is 2. The number of piperidine rings is 1. The molecule has 3 aromatic heterocycles. The Morgan fingerprint density at radius 1 is 0.889 bits per heavy atom. The minimum absolute atomic E-state index is 0.0828. The number of hydrogen-bond acceptors (Lipinski definition) is 10. The number of aromatic nitrogens is 4. The number of urea groups is 1. The van der Waals surface area contributed by atoms with Crippen LogP contribution >= 0.6 is 22.9 Å². The lowest BCUT2D eigenvalue weighted by Crippen LogP contribution is -2.54. The van der Waals surface area contributed by atoms with E-state index in [4.69, 9.17) is 0 Å². The number of hydrogen-bond donors (Lipinski definition) is 2. The predicted octanol–water partition coefficient (Wildman–Crippen LogP) is 1.59. The third-order valence-corrected chi connectivity index (χ3v) is 7.79. The zero-order valence-electron chi connectivity index (χ0n) is 19.4. The predicted molar refractivity (Wildman–Crippen MR) is 134 cm³/mol. The molecule has 12 nitrogen and oxygen atoms in total. The van der Waals surface area contributed by atoms with Crippen molar-refractivity contribution in [2.75, 3.05) is 44.2 Å². The van der Waals surface area contributed by atoms with Crippen molar-refractivity contribution in [1.29, 1.82) is 0 Å². The van der Waals surface area contributed by atoms with E-state index < -0.39 is 11.8 Å². The van der Waals surface area contributed by atoms with E-state index in [1.807, 2.05) is 28.0 Å². The van der Waals surface area contributed by atoms with Crippen LogP contribution < -0.4 is 15.8 Å². The van der Waals surface area contributed by atoms with Crippen LogP contribution in [0.4, 0.5) is 10.6 Å². The van der Waals surface area contributed by atoms with E-state index in [9.17, 15) is 14.4 Å². The highest BCUT2D eigenvalue weighted by molar-refractivity contribution is 7.10. The molecule has 5 rings (SSSR count). The Morgan fingerprint density at radius 3 is 2.28 bits per heavy atom. The van der Waals surface area contributed by atoms with Gasteiger partial charge in [-0.2, -0.15) is 0 Å². The van der Waals surface area contributed by atoms with Gasteiger partial charge in [0, 0.05) is 62.1 Å². The van der Waals surface area contributed by atoms with Crippen LogP contribution in [0.2, 0.25) is 0 Å². The monoisotopic (exact) mass is 527 g/mol. The molecular formula is C22H25N9O3S2. The van der Waals surface area contributed by atoms with Gasteiger partial charge >= 0.3 is 6.03 Å². The van der Waals surface area contributed by atoms with Crippen molar-refractivity contribution in [3.05, 3.63) is 51.6 Å². The van der Waals surface area contributed by atoms with Crippen LogP contribution in [-0.4, -0.2) is 86.5 Å². The van der Waals surface area contributed by atoms with Gasteiger partial charge < -0.3 is 14.7 Å². The van der Waals surface area contributed by atoms with Crippen LogP contribution in [0.5, 0.6) is 0 Å². The third kappa shape index (κ3) is 5.44. The molecule has 36 heavy (non-hydrogen) atoms. The average Bonchev–Trinajstić information content (AvgIpc) is 3.65. The molecule has 0 bridgehead atoms. The Hall–Kier alpha value is -3.65. The Bertz CT molecular complexity index is 1190. The Balaban J connectivity index is 1.07. The molecule has 0 radical (unpaired) electrons. The zero-order chi connectivity index (χ0) is 24.9. The second kappa shape index (κ2) is 11.0. The molecule has 4 amide bonds. The molecule has 0 aromatic carbocycles. The van der Waals surface area contributed by atoms with Gasteiger partial charge in [-0.15, -0.1) is 16.4 Å². The molecule has 0 aliphatic carbocycles. The fourth-order valence-corrected chi connectivity index (χ4v) is 5.68. The molecule has 2 aliphatic rings. The Labute approximate surface area is 215 Å². The summed E-state index contributed by atoms with van der Waals surface area (Å²) in [6.45, 7) is 4.20. The summed E-state index contributed by atoms with van der Waals surface area (Å²) in [5.41, 5.74) is 5.04. The van der Waals surface area contributed by atoms with E-state index in [1.165, 1.54) is 16.7 Å². The zero-order valence-corrected chi connectivity index (χ0v) is 21.0. The molecule has 14 heteroatoms. The van der Waals surface area contributed by atoms with Gasteiger partial charge in [-0.3, -0.25) is 20.4 Å². The van der Waals surface area contributed by atoms with Crippen LogP contribution in [0.3, 0.4) is 0 Å². The minimum Gasteiger partial charge on any atom is -0.353 e. The topological polar surface area (TPSA) is 137 Å². The van der Waals surface area contributed by atoms with E-state index in [2.05, 4.69) is 35.3 Å². The highest BCUT2D eigenvalue weighted by Gasteiger charge is 2.30. The summed E-state index contributed by atoms with van der Waals surface area (Å²) in [5.74, 6) is 0.104. The first-order chi connectivity index (χ1) is 17.6. The second-order valence-corrected chi connectivity index (χ2v) is 9.97. The summed E-state index contributed by atoms with van der Waals surface area (Å²) in [7, 11) is 0. The largest absolute Gasteiger partial charge is 0.353 e. The van der Waals surface area contributed by atoms with Crippen molar-refractivity contribution in [3.8, 4) is 0 Å². The molecule has 2 aliphatic heterocycles. The first-order valence-corrected chi connectivity index (χ1v) is 13.3. The van der Waals surface area contributed by atoms with Crippen LogP contribution in [-0.2, 0) is 0 Å². The van der Waals surface area contributed by atoms with Gasteiger partial charge in [0.2, 0.25) is 0 Å². The van der Waals surface area contributed by atoms with E-state index in [-0.39, 0.29) is 23.3 Å². The summed E-state index contributed by atoms with van der Waals surface area (Å²) >= 11 is 2.47. The van der Waals surface area contributed by atoms with E-state index in [1.54, 1.807) is 11.6 Å². The number of piperazine rings is 1. The average molecular weight is 528 g/mol. The minimum atomic E-state index is -0.539. The summed E-state index contributed by atoms with van der Waals surface area (Å²) in [6, 6.07) is 5.95. The standard InChI is InChI=1S/C22H25N9O3S2/c32-19(26-27-20(33)17-14-36-28-25-17)16-13-35-21(24-16)15-4-7-30(8-5-15)22(34)31-11-9-29(10-12-31)18-3-1-2-6-23-18/h1-3,6,13-15H,4-5,7-12H2,(H,26,32)(H,27,33). The molecule has 0 spiro atoms. The molecule has 0 saturated carbocycles. The lowest BCUT2D eigenvalue weighted by atomic mass is 9.98. The van der Waals surface area contributed by atoms with Gasteiger partial charge in [0.25, 0.3) is 11.8 Å². The van der Waals surface area contributed by atoms with Crippen LogP contribution in [0.15, 0.2) is 35.2 Å². The van der Waals surface area contributed by atoms with Crippen molar-refractivity contribution in [2.24, 2.45) is 0 Å². The first-order valence-electron chi connectivity index (χ1n) is 11.6. The highest BCUT2D eigenvalue weighted by Crippen LogP contribution is 2.31. The number of carbonyl (C=O) groups is 3.